The first-order valence-corrected chi connectivity index (χ1v) is 7.62. The Morgan fingerprint density at radius 1 is 1.38 bits per heavy atom. The lowest BCUT2D eigenvalue weighted by Crippen LogP contribution is -2.36. The number of carbonyl (C=O) groups is 1. The second kappa shape index (κ2) is 6.56. The standard InChI is InChI=1S/C15H25N3O3/c1-5-20-13(19)11-6-8-18(9-7-11)10-12-16-14(17-21-12)15(2,3)4/h11H,5-10H2,1-4H3. The number of rotatable bonds is 4. The Balaban J connectivity index is 1.83. The second-order valence-corrected chi connectivity index (χ2v) is 6.56. The van der Waals surface area contributed by atoms with Gasteiger partial charge in [0.15, 0.2) is 5.82 Å². The molecule has 0 aliphatic carbocycles. The van der Waals surface area contributed by atoms with Gasteiger partial charge in [-0.2, -0.15) is 4.98 Å². The maximum absolute atomic E-state index is 11.7. The quantitative estimate of drug-likeness (QED) is 0.793. The second-order valence-electron chi connectivity index (χ2n) is 6.56. The molecule has 0 bridgehead atoms. The third-order valence-electron chi connectivity index (χ3n) is 3.71. The van der Waals surface area contributed by atoms with Crippen LogP contribution in [0.15, 0.2) is 4.52 Å². The van der Waals surface area contributed by atoms with Crippen LogP contribution in [0.1, 0.15) is 52.3 Å². The molecule has 6 heteroatoms. The van der Waals surface area contributed by atoms with E-state index in [1.807, 2.05) is 6.92 Å². The molecule has 1 aliphatic heterocycles. The zero-order valence-corrected chi connectivity index (χ0v) is 13.4. The molecule has 0 radical (unpaired) electrons. The summed E-state index contributed by atoms with van der Waals surface area (Å²) in [4.78, 5) is 18.4. The van der Waals surface area contributed by atoms with Crippen LogP contribution >= 0.6 is 0 Å². The summed E-state index contributed by atoms with van der Waals surface area (Å²) >= 11 is 0. The van der Waals surface area contributed by atoms with Crippen molar-refractivity contribution in [3.63, 3.8) is 0 Å². The van der Waals surface area contributed by atoms with Crippen LogP contribution in [0.25, 0.3) is 0 Å². The Morgan fingerprint density at radius 2 is 2.05 bits per heavy atom. The number of likely N-dealkylation sites (tertiary alicyclic amines) is 1. The molecular weight excluding hydrogens is 270 g/mol. The number of hydrogen-bond donors (Lipinski definition) is 0. The molecule has 2 rings (SSSR count). The summed E-state index contributed by atoms with van der Waals surface area (Å²) in [6.07, 6.45) is 1.66. The van der Waals surface area contributed by atoms with E-state index >= 15 is 0 Å². The summed E-state index contributed by atoms with van der Waals surface area (Å²) in [6.45, 7) is 10.9. The van der Waals surface area contributed by atoms with Gasteiger partial charge in [0.05, 0.1) is 19.1 Å². The summed E-state index contributed by atoms with van der Waals surface area (Å²) in [5, 5.41) is 4.03. The van der Waals surface area contributed by atoms with E-state index < -0.39 is 0 Å². The monoisotopic (exact) mass is 295 g/mol. The van der Waals surface area contributed by atoms with Gasteiger partial charge in [-0.25, -0.2) is 0 Å². The first-order chi connectivity index (χ1) is 9.90. The Morgan fingerprint density at radius 3 is 2.57 bits per heavy atom. The van der Waals surface area contributed by atoms with Gasteiger partial charge in [0.2, 0.25) is 5.89 Å². The van der Waals surface area contributed by atoms with Gasteiger partial charge in [-0.15, -0.1) is 0 Å². The Hall–Kier alpha value is -1.43. The van der Waals surface area contributed by atoms with E-state index in [-0.39, 0.29) is 17.3 Å². The molecule has 21 heavy (non-hydrogen) atoms. The molecule has 0 saturated carbocycles. The summed E-state index contributed by atoms with van der Waals surface area (Å²) in [7, 11) is 0. The highest BCUT2D eigenvalue weighted by molar-refractivity contribution is 5.72. The number of piperidine rings is 1. The number of esters is 1. The molecule has 6 nitrogen and oxygen atoms in total. The zero-order chi connectivity index (χ0) is 15.5. The van der Waals surface area contributed by atoms with Crippen molar-refractivity contribution < 1.29 is 14.1 Å². The summed E-state index contributed by atoms with van der Waals surface area (Å²) in [5.41, 5.74) is -0.0986. The third-order valence-corrected chi connectivity index (χ3v) is 3.71. The van der Waals surface area contributed by atoms with E-state index in [9.17, 15) is 4.79 Å². The van der Waals surface area contributed by atoms with E-state index in [1.165, 1.54) is 0 Å². The van der Waals surface area contributed by atoms with E-state index in [1.54, 1.807) is 0 Å². The van der Waals surface area contributed by atoms with Crippen molar-refractivity contribution in [2.45, 2.75) is 52.5 Å². The predicted octanol–water partition coefficient (Wildman–Crippen LogP) is 2.14. The fourth-order valence-electron chi connectivity index (χ4n) is 2.40. The first kappa shape index (κ1) is 15.9. The molecule has 1 fully saturated rings. The van der Waals surface area contributed by atoms with Gasteiger partial charge >= 0.3 is 5.97 Å². The van der Waals surface area contributed by atoms with Crippen LogP contribution in [0, 0.1) is 5.92 Å². The molecule has 2 heterocycles. The highest BCUT2D eigenvalue weighted by atomic mass is 16.5. The normalized spacial score (nSPS) is 17.9. The Labute approximate surface area is 125 Å². The predicted molar refractivity (Wildman–Crippen MR) is 77.6 cm³/mol. The van der Waals surface area contributed by atoms with Crippen molar-refractivity contribution in [1.82, 2.24) is 15.0 Å². The molecular formula is C15H25N3O3. The highest BCUT2D eigenvalue weighted by Crippen LogP contribution is 2.22. The molecule has 1 aromatic rings. The lowest BCUT2D eigenvalue weighted by molar-refractivity contribution is -0.149. The molecule has 0 spiro atoms. The molecule has 0 N–H and O–H groups in total. The average molecular weight is 295 g/mol. The van der Waals surface area contributed by atoms with Crippen LogP contribution in [0.2, 0.25) is 0 Å². The van der Waals surface area contributed by atoms with Gasteiger partial charge in [0.25, 0.3) is 0 Å². The van der Waals surface area contributed by atoms with Crippen LogP contribution in [0.3, 0.4) is 0 Å². The van der Waals surface area contributed by atoms with Crippen molar-refractivity contribution in [2.24, 2.45) is 5.92 Å². The lowest BCUT2D eigenvalue weighted by Gasteiger charge is -2.29. The number of aromatic nitrogens is 2. The van der Waals surface area contributed by atoms with E-state index in [2.05, 4.69) is 35.8 Å². The van der Waals surface area contributed by atoms with Gasteiger partial charge in [0, 0.05) is 5.41 Å². The van der Waals surface area contributed by atoms with E-state index in [4.69, 9.17) is 9.26 Å². The molecule has 0 amide bonds. The number of nitrogens with zero attached hydrogens (tertiary/aromatic N) is 3. The summed E-state index contributed by atoms with van der Waals surface area (Å²) in [5.74, 6) is 1.35. The molecule has 0 atom stereocenters. The van der Waals surface area contributed by atoms with Crippen LogP contribution < -0.4 is 0 Å². The SMILES string of the molecule is CCOC(=O)C1CCN(Cc2nc(C(C)(C)C)no2)CC1. The molecule has 118 valence electrons. The highest BCUT2D eigenvalue weighted by Gasteiger charge is 2.27. The topological polar surface area (TPSA) is 68.5 Å². The minimum atomic E-state index is -0.0986. The molecule has 1 aliphatic rings. The van der Waals surface area contributed by atoms with Gasteiger partial charge in [-0.05, 0) is 32.9 Å². The molecule has 0 unspecified atom stereocenters. The zero-order valence-electron chi connectivity index (χ0n) is 13.4. The Kier molecular flexibility index (Phi) is 4.98. The van der Waals surface area contributed by atoms with Gasteiger partial charge in [0.1, 0.15) is 0 Å². The molecule has 1 saturated heterocycles. The first-order valence-electron chi connectivity index (χ1n) is 7.62. The van der Waals surface area contributed by atoms with Crippen molar-refractivity contribution in [1.29, 1.82) is 0 Å². The van der Waals surface area contributed by atoms with Gasteiger partial charge in [-0.3, -0.25) is 9.69 Å². The van der Waals surface area contributed by atoms with Crippen molar-refractivity contribution >= 4 is 5.97 Å². The number of ether oxygens (including phenoxy) is 1. The fraction of sp³-hybridized carbons (Fsp3) is 0.800. The van der Waals surface area contributed by atoms with E-state index in [0.717, 1.165) is 31.8 Å². The number of hydrogen-bond acceptors (Lipinski definition) is 6. The Bertz CT molecular complexity index is 471. The van der Waals surface area contributed by atoms with Gasteiger partial charge in [-0.1, -0.05) is 25.9 Å². The maximum Gasteiger partial charge on any atom is 0.309 e. The van der Waals surface area contributed by atoms with Crippen molar-refractivity contribution in [3.8, 4) is 0 Å². The van der Waals surface area contributed by atoms with E-state index in [0.29, 0.717) is 19.0 Å². The van der Waals surface area contributed by atoms with Gasteiger partial charge < -0.3 is 9.26 Å². The molecule has 1 aromatic heterocycles. The minimum absolute atomic E-state index is 0.0361. The van der Waals surface area contributed by atoms with Crippen LogP contribution in [0.5, 0.6) is 0 Å². The fourth-order valence-corrected chi connectivity index (χ4v) is 2.40. The minimum Gasteiger partial charge on any atom is -0.466 e. The lowest BCUT2D eigenvalue weighted by atomic mass is 9.96. The van der Waals surface area contributed by atoms with Crippen LogP contribution in [-0.2, 0) is 21.5 Å². The smallest absolute Gasteiger partial charge is 0.309 e. The maximum atomic E-state index is 11.7. The van der Waals surface area contributed by atoms with Crippen LogP contribution in [-0.4, -0.2) is 40.7 Å². The number of carbonyl (C=O) groups excluding carboxylic acids is 1. The third kappa shape index (κ3) is 4.27. The van der Waals surface area contributed by atoms with Crippen LogP contribution in [0.4, 0.5) is 0 Å². The molecule has 0 aromatic carbocycles. The average Bonchev–Trinajstić information content (AvgIpc) is 2.88. The summed E-state index contributed by atoms with van der Waals surface area (Å²) in [6, 6.07) is 0. The van der Waals surface area contributed by atoms with Crippen molar-refractivity contribution in [3.05, 3.63) is 11.7 Å². The summed E-state index contributed by atoms with van der Waals surface area (Å²) < 4.78 is 10.4. The van der Waals surface area contributed by atoms with Crippen molar-refractivity contribution in [2.75, 3.05) is 19.7 Å². The largest absolute Gasteiger partial charge is 0.466 e.